The monoisotopic (exact) mass is 270 g/mol. The number of benzene rings is 2. The van der Waals surface area contributed by atoms with Crippen LogP contribution in [0.1, 0.15) is 17.0 Å². The standard InChI is InChI=1S/C16H11ClO2/c17-13-5-3-4-11(8-13)16-9-12(10-18)14-6-1-2-7-15(14)19-16/h1-10,12H. The van der Waals surface area contributed by atoms with E-state index in [1.54, 1.807) is 6.07 Å². The van der Waals surface area contributed by atoms with Gasteiger partial charge in [-0.15, -0.1) is 0 Å². The molecule has 1 heterocycles. The van der Waals surface area contributed by atoms with E-state index >= 15 is 0 Å². The molecule has 0 radical (unpaired) electrons. The number of carbonyl (C=O) groups excluding carboxylic acids is 1. The van der Waals surface area contributed by atoms with E-state index in [1.807, 2.05) is 48.5 Å². The number of fused-ring (bicyclic) bond motifs is 1. The molecule has 2 aromatic rings. The Hall–Kier alpha value is -2.06. The van der Waals surface area contributed by atoms with Crippen LogP contribution in [0.2, 0.25) is 5.02 Å². The van der Waals surface area contributed by atoms with Crippen molar-refractivity contribution in [2.75, 3.05) is 0 Å². The molecular formula is C16H11ClO2. The van der Waals surface area contributed by atoms with Crippen LogP contribution in [0.5, 0.6) is 5.75 Å². The highest BCUT2D eigenvalue weighted by Crippen LogP contribution is 2.36. The Kier molecular flexibility index (Phi) is 3.10. The second-order valence-corrected chi connectivity index (χ2v) is 4.78. The number of rotatable bonds is 2. The molecule has 3 rings (SSSR count). The van der Waals surface area contributed by atoms with Gasteiger partial charge in [0.05, 0.1) is 5.92 Å². The summed E-state index contributed by atoms with van der Waals surface area (Å²) in [5.74, 6) is 1.11. The first-order chi connectivity index (χ1) is 9.28. The highest BCUT2D eigenvalue weighted by Gasteiger charge is 2.21. The molecule has 1 aliphatic heterocycles. The Morgan fingerprint density at radius 2 is 1.95 bits per heavy atom. The van der Waals surface area contributed by atoms with Gasteiger partial charge in [0.15, 0.2) is 0 Å². The molecule has 2 nitrogen and oxygen atoms in total. The molecule has 3 heteroatoms. The summed E-state index contributed by atoms with van der Waals surface area (Å²) in [5.41, 5.74) is 1.76. The molecule has 1 unspecified atom stereocenters. The minimum Gasteiger partial charge on any atom is -0.457 e. The lowest BCUT2D eigenvalue weighted by Gasteiger charge is -2.22. The SMILES string of the molecule is O=CC1C=C(c2cccc(Cl)c2)Oc2ccccc21. The van der Waals surface area contributed by atoms with E-state index in [-0.39, 0.29) is 5.92 Å². The molecule has 2 aromatic carbocycles. The predicted molar refractivity (Wildman–Crippen MR) is 75.3 cm³/mol. The molecule has 19 heavy (non-hydrogen) atoms. The maximum Gasteiger partial charge on any atom is 0.131 e. The lowest BCUT2D eigenvalue weighted by atomic mass is 9.95. The van der Waals surface area contributed by atoms with Gasteiger partial charge in [-0.25, -0.2) is 0 Å². The van der Waals surface area contributed by atoms with E-state index < -0.39 is 0 Å². The third-order valence-electron chi connectivity index (χ3n) is 3.08. The van der Waals surface area contributed by atoms with Crippen molar-refractivity contribution >= 4 is 23.6 Å². The molecule has 0 fully saturated rings. The van der Waals surface area contributed by atoms with Gasteiger partial charge in [0.25, 0.3) is 0 Å². The first-order valence-electron chi connectivity index (χ1n) is 5.98. The minimum absolute atomic E-state index is 0.279. The van der Waals surface area contributed by atoms with Crippen molar-refractivity contribution in [1.82, 2.24) is 0 Å². The maximum absolute atomic E-state index is 11.2. The Bertz CT molecular complexity index is 661. The van der Waals surface area contributed by atoms with Gasteiger partial charge in [-0.3, -0.25) is 0 Å². The van der Waals surface area contributed by atoms with Crippen molar-refractivity contribution < 1.29 is 9.53 Å². The van der Waals surface area contributed by atoms with Gasteiger partial charge in [0, 0.05) is 16.1 Å². The van der Waals surface area contributed by atoms with E-state index in [0.717, 1.165) is 23.2 Å². The largest absolute Gasteiger partial charge is 0.457 e. The van der Waals surface area contributed by atoms with Crippen LogP contribution in [-0.4, -0.2) is 6.29 Å². The molecule has 0 N–H and O–H groups in total. The third kappa shape index (κ3) is 2.27. The number of ether oxygens (including phenoxy) is 1. The maximum atomic E-state index is 11.2. The summed E-state index contributed by atoms with van der Waals surface area (Å²) in [6.07, 6.45) is 2.74. The van der Waals surface area contributed by atoms with Crippen molar-refractivity contribution in [3.05, 3.63) is 70.8 Å². The number of carbonyl (C=O) groups is 1. The van der Waals surface area contributed by atoms with Gasteiger partial charge in [-0.1, -0.05) is 41.9 Å². The third-order valence-corrected chi connectivity index (χ3v) is 3.32. The summed E-state index contributed by atoms with van der Waals surface area (Å²) < 4.78 is 5.85. The first-order valence-corrected chi connectivity index (χ1v) is 6.35. The van der Waals surface area contributed by atoms with Gasteiger partial charge < -0.3 is 9.53 Å². The number of hydrogen-bond acceptors (Lipinski definition) is 2. The zero-order chi connectivity index (χ0) is 13.2. The molecule has 1 atom stereocenters. The van der Waals surface area contributed by atoms with Crippen molar-refractivity contribution in [1.29, 1.82) is 0 Å². The quantitative estimate of drug-likeness (QED) is 0.770. The van der Waals surface area contributed by atoms with Gasteiger partial charge in [0.2, 0.25) is 0 Å². The van der Waals surface area contributed by atoms with E-state index in [9.17, 15) is 4.79 Å². The van der Waals surface area contributed by atoms with Crippen molar-refractivity contribution in [3.8, 4) is 5.75 Å². The lowest BCUT2D eigenvalue weighted by molar-refractivity contribution is -0.108. The summed E-state index contributed by atoms with van der Waals surface area (Å²) in [6.45, 7) is 0. The van der Waals surface area contributed by atoms with Crippen LogP contribution in [0, 0.1) is 0 Å². The Morgan fingerprint density at radius 1 is 1.11 bits per heavy atom. The normalized spacial score (nSPS) is 17.1. The van der Waals surface area contributed by atoms with E-state index in [4.69, 9.17) is 16.3 Å². The minimum atomic E-state index is -0.279. The molecule has 0 aliphatic carbocycles. The zero-order valence-corrected chi connectivity index (χ0v) is 10.8. The Balaban J connectivity index is 2.06. The molecule has 94 valence electrons. The number of para-hydroxylation sites is 1. The topological polar surface area (TPSA) is 26.3 Å². The lowest BCUT2D eigenvalue weighted by Crippen LogP contribution is -2.09. The first kappa shape index (κ1) is 12.0. The van der Waals surface area contributed by atoms with Crippen molar-refractivity contribution in [3.63, 3.8) is 0 Å². The molecular weight excluding hydrogens is 260 g/mol. The highest BCUT2D eigenvalue weighted by molar-refractivity contribution is 6.30. The smallest absolute Gasteiger partial charge is 0.131 e. The average Bonchev–Trinajstić information content (AvgIpc) is 2.46. The van der Waals surface area contributed by atoms with Crippen LogP contribution in [0.15, 0.2) is 54.6 Å². The fourth-order valence-corrected chi connectivity index (χ4v) is 2.35. The summed E-state index contributed by atoms with van der Waals surface area (Å²) in [6, 6.07) is 15.0. The van der Waals surface area contributed by atoms with E-state index in [2.05, 4.69) is 0 Å². The molecule has 0 amide bonds. The summed E-state index contributed by atoms with van der Waals surface area (Å²) in [7, 11) is 0. The van der Waals surface area contributed by atoms with E-state index in [1.165, 1.54) is 0 Å². The van der Waals surface area contributed by atoms with Crippen LogP contribution < -0.4 is 4.74 Å². The Morgan fingerprint density at radius 3 is 2.74 bits per heavy atom. The fraction of sp³-hybridized carbons (Fsp3) is 0.0625. The molecule has 0 saturated carbocycles. The zero-order valence-electron chi connectivity index (χ0n) is 10.0. The summed E-state index contributed by atoms with van der Waals surface area (Å²) >= 11 is 5.98. The van der Waals surface area contributed by atoms with Crippen LogP contribution in [0.25, 0.3) is 5.76 Å². The van der Waals surface area contributed by atoms with Gasteiger partial charge in [-0.2, -0.15) is 0 Å². The van der Waals surface area contributed by atoms with Gasteiger partial charge >= 0.3 is 0 Å². The molecule has 0 spiro atoms. The fourth-order valence-electron chi connectivity index (χ4n) is 2.16. The predicted octanol–water partition coefficient (Wildman–Crippen LogP) is 4.06. The van der Waals surface area contributed by atoms with Crippen LogP contribution >= 0.6 is 11.6 Å². The van der Waals surface area contributed by atoms with E-state index in [0.29, 0.717) is 10.8 Å². The molecule has 0 bridgehead atoms. The van der Waals surface area contributed by atoms with Gasteiger partial charge in [0.1, 0.15) is 17.8 Å². The molecule has 0 aromatic heterocycles. The average molecular weight is 271 g/mol. The molecule has 0 saturated heterocycles. The summed E-state index contributed by atoms with van der Waals surface area (Å²) in [5, 5.41) is 0.642. The van der Waals surface area contributed by atoms with Crippen molar-refractivity contribution in [2.45, 2.75) is 5.92 Å². The van der Waals surface area contributed by atoms with Crippen LogP contribution in [-0.2, 0) is 4.79 Å². The van der Waals surface area contributed by atoms with Crippen LogP contribution in [0.4, 0.5) is 0 Å². The number of hydrogen-bond donors (Lipinski definition) is 0. The second-order valence-electron chi connectivity index (χ2n) is 4.34. The number of allylic oxidation sites excluding steroid dienone is 1. The second kappa shape index (κ2) is 4.90. The van der Waals surface area contributed by atoms with Crippen molar-refractivity contribution in [2.24, 2.45) is 0 Å². The molecule has 1 aliphatic rings. The number of aldehydes is 1. The summed E-state index contributed by atoms with van der Waals surface area (Å²) in [4.78, 5) is 11.2. The van der Waals surface area contributed by atoms with Crippen LogP contribution in [0.3, 0.4) is 0 Å². The number of halogens is 1. The highest BCUT2D eigenvalue weighted by atomic mass is 35.5. The Labute approximate surface area is 116 Å². The van der Waals surface area contributed by atoms with Gasteiger partial charge in [-0.05, 0) is 24.3 Å².